The summed E-state index contributed by atoms with van der Waals surface area (Å²) in [5, 5.41) is 0. The third-order valence-electron chi connectivity index (χ3n) is 2.53. The summed E-state index contributed by atoms with van der Waals surface area (Å²) in [4.78, 5) is 0. The molecular weight excluding hydrogens is 228 g/mol. The van der Waals surface area contributed by atoms with Crippen LogP contribution in [0.4, 0.5) is 0 Å². The van der Waals surface area contributed by atoms with Gasteiger partial charge in [-0.1, -0.05) is 18.2 Å². The van der Waals surface area contributed by atoms with Gasteiger partial charge >= 0.3 is 0 Å². The first-order valence-electron chi connectivity index (χ1n) is 6.65. The lowest BCUT2D eigenvalue weighted by Crippen LogP contribution is -2.00. The van der Waals surface area contributed by atoms with Crippen molar-refractivity contribution in [3.8, 4) is 0 Å². The second-order valence-electron chi connectivity index (χ2n) is 4.07. The molecule has 0 radical (unpaired) electrons. The van der Waals surface area contributed by atoms with E-state index in [0.717, 1.165) is 19.8 Å². The van der Waals surface area contributed by atoms with E-state index in [1.54, 1.807) is 0 Å². The van der Waals surface area contributed by atoms with Gasteiger partial charge in [0.15, 0.2) is 0 Å². The lowest BCUT2D eigenvalue weighted by molar-refractivity contribution is 0.126. The van der Waals surface area contributed by atoms with Crippen LogP contribution in [0.15, 0.2) is 18.2 Å². The first kappa shape index (κ1) is 15.2. The zero-order chi connectivity index (χ0) is 13.2. The molecule has 18 heavy (non-hydrogen) atoms. The normalized spacial score (nSPS) is 10.8. The summed E-state index contributed by atoms with van der Waals surface area (Å²) in [5.41, 5.74) is 3.55. The minimum absolute atomic E-state index is 0.648. The molecule has 0 bridgehead atoms. The Morgan fingerprint density at radius 2 is 0.889 bits per heavy atom. The van der Waals surface area contributed by atoms with Crippen molar-refractivity contribution in [1.29, 1.82) is 0 Å². The highest BCUT2D eigenvalue weighted by Crippen LogP contribution is 2.14. The van der Waals surface area contributed by atoms with Crippen molar-refractivity contribution in [1.82, 2.24) is 0 Å². The molecule has 0 aliphatic rings. The molecule has 0 aromatic heterocycles. The molecule has 0 aliphatic carbocycles. The quantitative estimate of drug-likeness (QED) is 0.675. The van der Waals surface area contributed by atoms with E-state index in [0.29, 0.717) is 19.8 Å². The highest BCUT2D eigenvalue weighted by Gasteiger charge is 2.02. The van der Waals surface area contributed by atoms with Gasteiger partial charge in [0.05, 0.1) is 19.8 Å². The summed E-state index contributed by atoms with van der Waals surface area (Å²) >= 11 is 0. The highest BCUT2D eigenvalue weighted by atomic mass is 16.5. The lowest BCUT2D eigenvalue weighted by atomic mass is 10.1. The average molecular weight is 252 g/mol. The zero-order valence-corrected chi connectivity index (χ0v) is 11.7. The smallest absolute Gasteiger partial charge is 0.0716 e. The summed E-state index contributed by atoms with van der Waals surface area (Å²) in [5.74, 6) is 0. The van der Waals surface area contributed by atoms with Gasteiger partial charge in [0, 0.05) is 19.8 Å². The molecule has 3 nitrogen and oxygen atoms in total. The van der Waals surface area contributed by atoms with Gasteiger partial charge < -0.3 is 14.2 Å². The summed E-state index contributed by atoms with van der Waals surface area (Å²) in [6.45, 7) is 10.2. The predicted molar refractivity (Wildman–Crippen MR) is 72.4 cm³/mol. The highest BCUT2D eigenvalue weighted by molar-refractivity contribution is 5.29. The van der Waals surface area contributed by atoms with E-state index in [1.807, 2.05) is 20.8 Å². The van der Waals surface area contributed by atoms with Gasteiger partial charge in [-0.05, 0) is 37.5 Å². The third kappa shape index (κ3) is 5.63. The summed E-state index contributed by atoms with van der Waals surface area (Å²) in [7, 11) is 0. The Hall–Kier alpha value is -0.900. The number of hydrogen-bond acceptors (Lipinski definition) is 3. The van der Waals surface area contributed by atoms with Gasteiger partial charge in [0.2, 0.25) is 0 Å². The van der Waals surface area contributed by atoms with Crippen LogP contribution >= 0.6 is 0 Å². The Labute approximate surface area is 110 Å². The molecule has 0 saturated heterocycles. The van der Waals surface area contributed by atoms with Crippen LogP contribution in [0.25, 0.3) is 0 Å². The van der Waals surface area contributed by atoms with Crippen LogP contribution in [0.1, 0.15) is 37.5 Å². The van der Waals surface area contributed by atoms with Crippen molar-refractivity contribution in [2.24, 2.45) is 0 Å². The summed E-state index contributed by atoms with van der Waals surface area (Å²) in [6.07, 6.45) is 0. The SMILES string of the molecule is CCOCc1cc(COCC)cc(COCC)c1. The first-order chi connectivity index (χ1) is 8.80. The standard InChI is InChI=1S/C15H24O3/c1-4-16-10-13-7-14(11-17-5-2)9-15(8-13)12-18-6-3/h7-9H,4-6,10-12H2,1-3H3. The number of hydrogen-bond donors (Lipinski definition) is 0. The number of ether oxygens (including phenoxy) is 3. The van der Waals surface area contributed by atoms with Crippen molar-refractivity contribution in [3.63, 3.8) is 0 Å². The Morgan fingerprint density at radius 3 is 1.11 bits per heavy atom. The maximum Gasteiger partial charge on any atom is 0.0716 e. The largest absolute Gasteiger partial charge is 0.377 e. The summed E-state index contributed by atoms with van der Waals surface area (Å²) < 4.78 is 16.4. The topological polar surface area (TPSA) is 27.7 Å². The van der Waals surface area contributed by atoms with Crippen LogP contribution in [0.3, 0.4) is 0 Å². The fourth-order valence-corrected chi connectivity index (χ4v) is 1.75. The Bertz CT molecular complexity index is 272. The van der Waals surface area contributed by atoms with Crippen LogP contribution in [0.5, 0.6) is 0 Å². The number of benzene rings is 1. The zero-order valence-electron chi connectivity index (χ0n) is 11.7. The Morgan fingerprint density at radius 1 is 0.611 bits per heavy atom. The van der Waals surface area contributed by atoms with Crippen LogP contribution in [0.2, 0.25) is 0 Å². The van der Waals surface area contributed by atoms with Crippen molar-refractivity contribution in [3.05, 3.63) is 34.9 Å². The molecule has 102 valence electrons. The van der Waals surface area contributed by atoms with Crippen molar-refractivity contribution >= 4 is 0 Å². The minimum atomic E-state index is 0.648. The van der Waals surface area contributed by atoms with Gasteiger partial charge in [0.1, 0.15) is 0 Å². The molecule has 0 spiro atoms. The molecule has 3 heteroatoms. The molecule has 0 aliphatic heterocycles. The maximum absolute atomic E-state index is 5.46. The minimum Gasteiger partial charge on any atom is -0.377 e. The van der Waals surface area contributed by atoms with Crippen LogP contribution in [-0.4, -0.2) is 19.8 Å². The van der Waals surface area contributed by atoms with Crippen LogP contribution < -0.4 is 0 Å². The maximum atomic E-state index is 5.46. The molecule has 0 atom stereocenters. The van der Waals surface area contributed by atoms with Crippen molar-refractivity contribution < 1.29 is 14.2 Å². The molecule has 0 fully saturated rings. The molecule has 0 N–H and O–H groups in total. The number of rotatable bonds is 9. The Balaban J connectivity index is 2.74. The van der Waals surface area contributed by atoms with Gasteiger partial charge in [-0.3, -0.25) is 0 Å². The van der Waals surface area contributed by atoms with E-state index >= 15 is 0 Å². The Kier molecular flexibility index (Phi) is 7.65. The first-order valence-corrected chi connectivity index (χ1v) is 6.65. The molecule has 1 aromatic rings. The van der Waals surface area contributed by atoms with Gasteiger partial charge in [-0.2, -0.15) is 0 Å². The van der Waals surface area contributed by atoms with E-state index in [9.17, 15) is 0 Å². The van der Waals surface area contributed by atoms with Gasteiger partial charge in [0.25, 0.3) is 0 Å². The molecule has 1 aromatic carbocycles. The predicted octanol–water partition coefficient (Wildman–Crippen LogP) is 3.30. The van der Waals surface area contributed by atoms with Crippen molar-refractivity contribution in [2.45, 2.75) is 40.6 Å². The van der Waals surface area contributed by atoms with Gasteiger partial charge in [-0.15, -0.1) is 0 Å². The van der Waals surface area contributed by atoms with E-state index in [2.05, 4.69) is 18.2 Å². The fraction of sp³-hybridized carbons (Fsp3) is 0.600. The second kappa shape index (κ2) is 9.09. The molecular formula is C15H24O3. The molecule has 1 rings (SSSR count). The van der Waals surface area contributed by atoms with E-state index in [-0.39, 0.29) is 0 Å². The van der Waals surface area contributed by atoms with Crippen molar-refractivity contribution in [2.75, 3.05) is 19.8 Å². The molecule has 0 amide bonds. The second-order valence-corrected chi connectivity index (χ2v) is 4.07. The monoisotopic (exact) mass is 252 g/mol. The van der Waals surface area contributed by atoms with E-state index < -0.39 is 0 Å². The third-order valence-corrected chi connectivity index (χ3v) is 2.53. The van der Waals surface area contributed by atoms with Crippen LogP contribution in [-0.2, 0) is 34.0 Å². The van der Waals surface area contributed by atoms with Crippen LogP contribution in [0, 0.1) is 0 Å². The van der Waals surface area contributed by atoms with E-state index in [1.165, 1.54) is 16.7 Å². The average Bonchev–Trinajstić information content (AvgIpc) is 2.40. The molecule has 0 saturated carbocycles. The molecule has 0 heterocycles. The fourth-order valence-electron chi connectivity index (χ4n) is 1.75. The lowest BCUT2D eigenvalue weighted by Gasteiger charge is -2.10. The van der Waals surface area contributed by atoms with Gasteiger partial charge in [-0.25, -0.2) is 0 Å². The van der Waals surface area contributed by atoms with E-state index in [4.69, 9.17) is 14.2 Å². The summed E-state index contributed by atoms with van der Waals surface area (Å²) in [6, 6.07) is 6.42. The molecule has 0 unspecified atom stereocenters.